The number of hydrogen-bond acceptors (Lipinski definition) is 4. The molecule has 0 aromatic heterocycles. The Bertz CT molecular complexity index is 1130. The summed E-state index contributed by atoms with van der Waals surface area (Å²) in [4.78, 5) is 13.3. The molecule has 0 aliphatic carbocycles. The van der Waals surface area contributed by atoms with E-state index < -0.39 is 0 Å². The van der Waals surface area contributed by atoms with Gasteiger partial charge in [0.25, 0.3) is 5.91 Å². The van der Waals surface area contributed by atoms with Crippen molar-refractivity contribution in [1.29, 1.82) is 0 Å². The first-order valence-electron chi connectivity index (χ1n) is 8.90. The number of methoxy groups -OCH3 is 1. The smallest absolute Gasteiger partial charge is 0.281 e. The van der Waals surface area contributed by atoms with Crippen molar-refractivity contribution < 1.29 is 14.6 Å². The van der Waals surface area contributed by atoms with Gasteiger partial charge in [-0.1, -0.05) is 48.5 Å². The molecule has 3 aromatic carbocycles. The molecule has 0 fully saturated rings. The summed E-state index contributed by atoms with van der Waals surface area (Å²) in [5.74, 6) is 0.100. The van der Waals surface area contributed by atoms with E-state index in [1.54, 1.807) is 18.2 Å². The summed E-state index contributed by atoms with van der Waals surface area (Å²) in [5, 5.41) is 16.1. The lowest BCUT2D eigenvalue weighted by atomic mass is 10.00. The predicted molar refractivity (Wildman–Crippen MR) is 117 cm³/mol. The summed E-state index contributed by atoms with van der Waals surface area (Å²) >= 11 is 3.33. The molecular weight excluding hydrogens is 432 g/mol. The van der Waals surface area contributed by atoms with Crippen molar-refractivity contribution in [3.05, 3.63) is 94.0 Å². The Kier molecular flexibility index (Phi) is 5.18. The standard InChI is InChI=1S/C23H17BrN2O3/c1-29-20-14-15(13-19(24)22(20)27)12-18-21(16-8-4-2-5-9-16)25-26(23(18)28)17-10-6-3-7-11-17/h2-14,27H,1H3/b18-12-. The van der Waals surface area contributed by atoms with Crippen molar-refractivity contribution in [2.45, 2.75) is 0 Å². The van der Waals surface area contributed by atoms with Gasteiger partial charge in [-0.15, -0.1) is 0 Å². The van der Waals surface area contributed by atoms with Crippen LogP contribution in [0.15, 0.2) is 87.9 Å². The Morgan fingerprint density at radius 1 is 1.03 bits per heavy atom. The minimum absolute atomic E-state index is 0.00950. The van der Waals surface area contributed by atoms with E-state index in [4.69, 9.17) is 4.74 Å². The van der Waals surface area contributed by atoms with Crippen molar-refractivity contribution in [2.75, 3.05) is 12.1 Å². The molecule has 0 atom stereocenters. The predicted octanol–water partition coefficient (Wildman–Crippen LogP) is 5.00. The van der Waals surface area contributed by atoms with Gasteiger partial charge in [0.05, 0.1) is 22.8 Å². The zero-order chi connectivity index (χ0) is 20.4. The average Bonchev–Trinajstić information content (AvgIpc) is 3.08. The fourth-order valence-electron chi connectivity index (χ4n) is 3.10. The monoisotopic (exact) mass is 448 g/mol. The van der Waals surface area contributed by atoms with Crippen molar-refractivity contribution >= 4 is 39.3 Å². The number of ether oxygens (including phenoxy) is 1. The van der Waals surface area contributed by atoms with Crippen LogP contribution in [0.5, 0.6) is 11.5 Å². The molecule has 0 unspecified atom stereocenters. The van der Waals surface area contributed by atoms with Gasteiger partial charge in [0.15, 0.2) is 11.5 Å². The number of phenols is 1. The number of halogens is 1. The molecule has 144 valence electrons. The first-order chi connectivity index (χ1) is 14.1. The second-order valence-electron chi connectivity index (χ2n) is 6.38. The molecule has 0 saturated carbocycles. The van der Waals surface area contributed by atoms with E-state index in [0.29, 0.717) is 32.8 Å². The van der Waals surface area contributed by atoms with Gasteiger partial charge >= 0.3 is 0 Å². The molecule has 1 aliphatic heterocycles. The van der Waals surface area contributed by atoms with Crippen LogP contribution in [0.25, 0.3) is 6.08 Å². The van der Waals surface area contributed by atoms with Crippen LogP contribution in [0, 0.1) is 0 Å². The van der Waals surface area contributed by atoms with Crippen molar-refractivity contribution in [2.24, 2.45) is 5.10 Å². The number of amides is 1. The number of aromatic hydroxyl groups is 1. The zero-order valence-electron chi connectivity index (χ0n) is 15.5. The Morgan fingerprint density at radius 2 is 1.69 bits per heavy atom. The fourth-order valence-corrected chi connectivity index (χ4v) is 3.56. The molecule has 1 amide bonds. The second-order valence-corrected chi connectivity index (χ2v) is 7.23. The lowest BCUT2D eigenvalue weighted by Gasteiger charge is -2.11. The van der Waals surface area contributed by atoms with Gasteiger partial charge in [-0.3, -0.25) is 4.79 Å². The Hall–Kier alpha value is -3.38. The first-order valence-corrected chi connectivity index (χ1v) is 9.70. The van der Waals surface area contributed by atoms with Gasteiger partial charge in [0.1, 0.15) is 5.71 Å². The summed E-state index contributed by atoms with van der Waals surface area (Å²) in [6.45, 7) is 0. The number of hydrogen-bond donors (Lipinski definition) is 1. The third kappa shape index (κ3) is 3.67. The highest BCUT2D eigenvalue weighted by molar-refractivity contribution is 9.10. The molecule has 0 bridgehead atoms. The highest BCUT2D eigenvalue weighted by atomic mass is 79.9. The van der Waals surface area contributed by atoms with Crippen LogP contribution < -0.4 is 9.75 Å². The molecule has 4 rings (SSSR count). The minimum atomic E-state index is -0.224. The molecule has 1 heterocycles. The SMILES string of the molecule is COc1cc(/C=C2\C(=O)N(c3ccccc3)N=C2c2ccccc2)cc(Br)c1O. The van der Waals surface area contributed by atoms with Gasteiger partial charge in [-0.25, -0.2) is 0 Å². The number of hydrazone groups is 1. The largest absolute Gasteiger partial charge is 0.503 e. The quantitative estimate of drug-likeness (QED) is 0.571. The highest BCUT2D eigenvalue weighted by Crippen LogP contribution is 2.36. The van der Waals surface area contributed by atoms with Gasteiger partial charge in [0.2, 0.25) is 0 Å². The first kappa shape index (κ1) is 19.0. The van der Waals surface area contributed by atoms with Crippen molar-refractivity contribution in [1.82, 2.24) is 0 Å². The maximum atomic E-state index is 13.3. The molecule has 0 radical (unpaired) electrons. The van der Waals surface area contributed by atoms with E-state index in [1.807, 2.05) is 60.7 Å². The number of carbonyl (C=O) groups is 1. The van der Waals surface area contributed by atoms with E-state index >= 15 is 0 Å². The Balaban J connectivity index is 1.85. The number of benzene rings is 3. The van der Waals surface area contributed by atoms with Gasteiger partial charge in [-0.05, 0) is 51.8 Å². The fraction of sp³-hybridized carbons (Fsp3) is 0.0435. The van der Waals surface area contributed by atoms with Crippen LogP contribution in [-0.4, -0.2) is 23.8 Å². The number of nitrogens with zero attached hydrogens (tertiary/aromatic N) is 2. The maximum absolute atomic E-state index is 13.3. The topological polar surface area (TPSA) is 62.1 Å². The number of rotatable bonds is 4. The number of carbonyl (C=O) groups excluding carboxylic acids is 1. The normalized spacial score (nSPS) is 15.0. The third-order valence-electron chi connectivity index (χ3n) is 4.51. The lowest BCUT2D eigenvalue weighted by Crippen LogP contribution is -2.21. The molecule has 3 aromatic rings. The van der Waals surface area contributed by atoms with Crippen molar-refractivity contribution in [3.8, 4) is 11.5 Å². The van der Waals surface area contributed by atoms with Crippen LogP contribution in [0.2, 0.25) is 0 Å². The molecule has 6 heteroatoms. The summed E-state index contributed by atoms with van der Waals surface area (Å²) in [6.07, 6.45) is 1.75. The number of para-hydroxylation sites is 1. The van der Waals surface area contributed by atoms with E-state index in [1.165, 1.54) is 12.1 Å². The summed E-state index contributed by atoms with van der Waals surface area (Å²) in [6, 6.07) is 22.3. The summed E-state index contributed by atoms with van der Waals surface area (Å²) in [7, 11) is 1.48. The zero-order valence-corrected chi connectivity index (χ0v) is 17.1. The molecule has 0 spiro atoms. The van der Waals surface area contributed by atoms with Crippen LogP contribution in [0.3, 0.4) is 0 Å². The van der Waals surface area contributed by atoms with Crippen LogP contribution >= 0.6 is 15.9 Å². The molecule has 0 saturated heterocycles. The number of anilines is 1. The van der Waals surface area contributed by atoms with E-state index in [-0.39, 0.29) is 11.7 Å². The maximum Gasteiger partial charge on any atom is 0.281 e. The molecule has 1 aliphatic rings. The highest BCUT2D eigenvalue weighted by Gasteiger charge is 2.32. The van der Waals surface area contributed by atoms with Crippen LogP contribution in [0.1, 0.15) is 11.1 Å². The minimum Gasteiger partial charge on any atom is -0.503 e. The average molecular weight is 449 g/mol. The van der Waals surface area contributed by atoms with Gasteiger partial charge < -0.3 is 9.84 Å². The summed E-state index contributed by atoms with van der Waals surface area (Å²) < 4.78 is 5.70. The van der Waals surface area contributed by atoms with Gasteiger partial charge in [-0.2, -0.15) is 10.1 Å². The lowest BCUT2D eigenvalue weighted by molar-refractivity contribution is -0.114. The van der Waals surface area contributed by atoms with E-state index in [9.17, 15) is 9.90 Å². The van der Waals surface area contributed by atoms with E-state index in [2.05, 4.69) is 21.0 Å². The summed E-state index contributed by atoms with van der Waals surface area (Å²) in [5.41, 5.74) is 3.28. The van der Waals surface area contributed by atoms with E-state index in [0.717, 1.165) is 5.56 Å². The Morgan fingerprint density at radius 3 is 2.34 bits per heavy atom. The molecular formula is C23H17BrN2O3. The Labute approximate surface area is 176 Å². The van der Waals surface area contributed by atoms with Crippen LogP contribution in [0.4, 0.5) is 5.69 Å². The number of phenolic OH excluding ortho intramolecular Hbond substituents is 1. The molecule has 5 nitrogen and oxygen atoms in total. The third-order valence-corrected chi connectivity index (χ3v) is 5.11. The van der Waals surface area contributed by atoms with Crippen molar-refractivity contribution in [3.63, 3.8) is 0 Å². The van der Waals surface area contributed by atoms with Crippen LogP contribution in [-0.2, 0) is 4.79 Å². The second kappa shape index (κ2) is 7.93. The molecule has 29 heavy (non-hydrogen) atoms. The molecule has 1 N–H and O–H groups in total. The van der Waals surface area contributed by atoms with Gasteiger partial charge in [0, 0.05) is 5.56 Å².